The van der Waals surface area contributed by atoms with Gasteiger partial charge in [-0.25, -0.2) is 4.39 Å². The molecule has 0 atom stereocenters. The van der Waals surface area contributed by atoms with Crippen LogP contribution in [0.5, 0.6) is 0 Å². The highest BCUT2D eigenvalue weighted by atomic mass is 35.5. The van der Waals surface area contributed by atoms with Crippen LogP contribution >= 0.6 is 11.6 Å². The maximum absolute atomic E-state index is 12.7. The van der Waals surface area contributed by atoms with Gasteiger partial charge in [-0.1, -0.05) is 11.6 Å². The van der Waals surface area contributed by atoms with Gasteiger partial charge in [0.15, 0.2) is 0 Å². The molecule has 15 heavy (non-hydrogen) atoms. The number of rotatable bonds is 2. The quantitative estimate of drug-likeness (QED) is 0.774. The zero-order valence-electron chi connectivity index (χ0n) is 8.59. The van der Waals surface area contributed by atoms with Crippen molar-refractivity contribution in [3.63, 3.8) is 0 Å². The summed E-state index contributed by atoms with van der Waals surface area (Å²) in [5.41, 5.74) is 7.55. The standard InChI is InChI=1S/C11H12ClFN2/c1-7(15-2)10(12)11(14)8-3-5-9(13)6-4-8/h3-6H,14H2,1-2H3. The molecule has 0 saturated carbocycles. The van der Waals surface area contributed by atoms with Crippen molar-refractivity contribution in [1.82, 2.24) is 0 Å². The zero-order chi connectivity index (χ0) is 11.4. The summed E-state index contributed by atoms with van der Waals surface area (Å²) in [7, 11) is 1.63. The van der Waals surface area contributed by atoms with Crippen molar-refractivity contribution in [3.8, 4) is 0 Å². The third-order valence-electron chi connectivity index (χ3n) is 2.04. The first-order valence-corrected chi connectivity index (χ1v) is 4.79. The number of aliphatic imine (C=N–C) groups is 1. The van der Waals surface area contributed by atoms with Crippen LogP contribution in [0, 0.1) is 5.82 Å². The van der Waals surface area contributed by atoms with Gasteiger partial charge >= 0.3 is 0 Å². The predicted octanol–water partition coefficient (Wildman–Crippen LogP) is 2.78. The summed E-state index contributed by atoms with van der Waals surface area (Å²) in [5.74, 6) is -0.302. The first-order valence-electron chi connectivity index (χ1n) is 4.41. The summed E-state index contributed by atoms with van der Waals surface area (Å²) >= 11 is 5.99. The van der Waals surface area contributed by atoms with Gasteiger partial charge in [0.05, 0.1) is 16.4 Å². The molecule has 0 aliphatic rings. The minimum atomic E-state index is -0.302. The van der Waals surface area contributed by atoms with Crippen molar-refractivity contribution in [2.24, 2.45) is 10.7 Å². The lowest BCUT2D eigenvalue weighted by Crippen LogP contribution is -2.04. The highest BCUT2D eigenvalue weighted by molar-refractivity contribution is 6.46. The molecule has 0 bridgehead atoms. The summed E-state index contributed by atoms with van der Waals surface area (Å²) in [5, 5.41) is 0.393. The second-order valence-electron chi connectivity index (χ2n) is 3.04. The molecular formula is C11H12ClFN2. The van der Waals surface area contributed by atoms with E-state index in [2.05, 4.69) is 4.99 Å². The summed E-state index contributed by atoms with van der Waals surface area (Å²) in [6.45, 7) is 1.76. The number of hydrogen-bond donors (Lipinski definition) is 1. The minimum Gasteiger partial charge on any atom is -0.397 e. The Bertz CT molecular complexity index is 407. The Morgan fingerprint density at radius 1 is 1.33 bits per heavy atom. The molecular weight excluding hydrogens is 215 g/mol. The Morgan fingerprint density at radius 2 is 1.87 bits per heavy atom. The van der Waals surface area contributed by atoms with E-state index in [1.165, 1.54) is 12.1 Å². The van der Waals surface area contributed by atoms with Gasteiger partial charge in [0.2, 0.25) is 0 Å². The topological polar surface area (TPSA) is 38.4 Å². The van der Waals surface area contributed by atoms with Crippen LogP contribution in [-0.2, 0) is 0 Å². The minimum absolute atomic E-state index is 0.302. The maximum Gasteiger partial charge on any atom is 0.123 e. The highest BCUT2D eigenvalue weighted by Gasteiger charge is 2.06. The molecule has 2 N–H and O–H groups in total. The maximum atomic E-state index is 12.7. The van der Waals surface area contributed by atoms with Gasteiger partial charge in [-0.3, -0.25) is 4.99 Å². The molecule has 0 aromatic heterocycles. The molecule has 1 aromatic rings. The van der Waals surface area contributed by atoms with E-state index in [0.29, 0.717) is 22.0 Å². The van der Waals surface area contributed by atoms with Gasteiger partial charge < -0.3 is 5.73 Å². The van der Waals surface area contributed by atoms with Gasteiger partial charge in [0.25, 0.3) is 0 Å². The van der Waals surface area contributed by atoms with Crippen molar-refractivity contribution in [1.29, 1.82) is 0 Å². The molecule has 1 aromatic carbocycles. The second kappa shape index (κ2) is 4.94. The molecule has 0 aliphatic heterocycles. The Labute approximate surface area is 93.3 Å². The molecule has 2 nitrogen and oxygen atoms in total. The highest BCUT2D eigenvalue weighted by Crippen LogP contribution is 2.18. The summed E-state index contributed by atoms with van der Waals surface area (Å²) in [6.07, 6.45) is 0. The first-order chi connectivity index (χ1) is 7.06. The van der Waals surface area contributed by atoms with E-state index in [-0.39, 0.29) is 5.82 Å². The normalized spacial score (nSPS) is 13.7. The Balaban J connectivity index is 3.13. The first kappa shape index (κ1) is 11.7. The molecule has 4 heteroatoms. The third kappa shape index (κ3) is 2.80. The Hall–Kier alpha value is -1.35. The van der Waals surface area contributed by atoms with Crippen molar-refractivity contribution in [3.05, 3.63) is 40.7 Å². The lowest BCUT2D eigenvalue weighted by atomic mass is 10.1. The van der Waals surface area contributed by atoms with E-state index < -0.39 is 0 Å². The van der Waals surface area contributed by atoms with Crippen molar-refractivity contribution in [2.75, 3.05) is 7.05 Å². The van der Waals surface area contributed by atoms with Crippen LogP contribution in [0.2, 0.25) is 0 Å². The van der Waals surface area contributed by atoms with Gasteiger partial charge in [0.1, 0.15) is 5.82 Å². The number of benzene rings is 1. The van der Waals surface area contributed by atoms with E-state index in [1.807, 2.05) is 0 Å². The van der Waals surface area contributed by atoms with E-state index >= 15 is 0 Å². The van der Waals surface area contributed by atoms with E-state index in [0.717, 1.165) is 0 Å². The number of nitrogens with zero attached hydrogens (tertiary/aromatic N) is 1. The van der Waals surface area contributed by atoms with E-state index in [1.54, 1.807) is 26.1 Å². The molecule has 0 saturated heterocycles. The van der Waals surface area contributed by atoms with Gasteiger partial charge in [-0.05, 0) is 36.8 Å². The fourth-order valence-electron chi connectivity index (χ4n) is 1.05. The molecule has 0 spiro atoms. The second-order valence-corrected chi connectivity index (χ2v) is 3.42. The monoisotopic (exact) mass is 226 g/mol. The Morgan fingerprint density at radius 3 is 2.33 bits per heavy atom. The van der Waals surface area contributed by atoms with Crippen molar-refractivity contribution < 1.29 is 4.39 Å². The number of hydrogen-bond acceptors (Lipinski definition) is 2. The molecule has 0 heterocycles. The zero-order valence-corrected chi connectivity index (χ0v) is 9.35. The third-order valence-corrected chi connectivity index (χ3v) is 2.52. The van der Waals surface area contributed by atoms with Crippen LogP contribution in [0.15, 0.2) is 34.3 Å². The smallest absolute Gasteiger partial charge is 0.123 e. The molecule has 0 amide bonds. The molecule has 0 aliphatic carbocycles. The van der Waals surface area contributed by atoms with Gasteiger partial charge in [-0.15, -0.1) is 0 Å². The van der Waals surface area contributed by atoms with Crippen molar-refractivity contribution in [2.45, 2.75) is 6.92 Å². The molecule has 1 rings (SSSR count). The fourth-order valence-corrected chi connectivity index (χ4v) is 1.24. The molecule has 0 fully saturated rings. The van der Waals surface area contributed by atoms with Crippen LogP contribution < -0.4 is 5.73 Å². The van der Waals surface area contributed by atoms with Crippen molar-refractivity contribution >= 4 is 23.0 Å². The van der Waals surface area contributed by atoms with Gasteiger partial charge in [-0.2, -0.15) is 0 Å². The summed E-state index contributed by atoms with van der Waals surface area (Å²) in [4.78, 5) is 3.93. The summed E-state index contributed by atoms with van der Waals surface area (Å²) < 4.78 is 12.7. The average molecular weight is 227 g/mol. The average Bonchev–Trinajstić information content (AvgIpc) is 2.27. The van der Waals surface area contributed by atoms with Crippen LogP contribution in [0.25, 0.3) is 5.70 Å². The molecule has 0 unspecified atom stereocenters. The van der Waals surface area contributed by atoms with Crippen LogP contribution in [-0.4, -0.2) is 12.8 Å². The van der Waals surface area contributed by atoms with E-state index in [4.69, 9.17) is 17.3 Å². The van der Waals surface area contributed by atoms with Crippen LogP contribution in [0.1, 0.15) is 12.5 Å². The largest absolute Gasteiger partial charge is 0.397 e. The SMILES string of the molecule is CN=C(C)C(Cl)=C(N)c1ccc(F)cc1. The number of nitrogens with two attached hydrogens (primary N) is 1. The predicted molar refractivity (Wildman–Crippen MR) is 62.4 cm³/mol. The molecule has 0 radical (unpaired) electrons. The van der Waals surface area contributed by atoms with Crippen LogP contribution in [0.4, 0.5) is 4.39 Å². The van der Waals surface area contributed by atoms with Gasteiger partial charge in [0, 0.05) is 7.05 Å². The molecule has 80 valence electrons. The summed E-state index contributed by atoms with van der Waals surface area (Å²) in [6, 6.07) is 5.83. The van der Waals surface area contributed by atoms with E-state index in [9.17, 15) is 4.39 Å². The lowest BCUT2D eigenvalue weighted by Gasteiger charge is -2.05. The lowest BCUT2D eigenvalue weighted by molar-refractivity contribution is 0.627. The fraction of sp³-hybridized carbons (Fsp3) is 0.182. The van der Waals surface area contributed by atoms with Crippen LogP contribution in [0.3, 0.4) is 0 Å². The number of allylic oxidation sites excluding steroid dienone is 1. The number of halogens is 2. The Kier molecular flexibility index (Phi) is 3.86.